The largest absolute Gasteiger partial charge is 0.446 e. The number of ether oxygens (including phenoxy) is 1. The van der Waals surface area contributed by atoms with Crippen LogP contribution in [-0.4, -0.2) is 135 Å². The van der Waals surface area contributed by atoms with Gasteiger partial charge in [-0.2, -0.15) is 13.2 Å². The summed E-state index contributed by atoms with van der Waals surface area (Å²) in [5, 5.41) is 31.7. The Hall–Kier alpha value is -6.63. The van der Waals surface area contributed by atoms with Gasteiger partial charge >= 0.3 is 12.3 Å². The summed E-state index contributed by atoms with van der Waals surface area (Å²) in [7, 11) is 0. The Bertz CT molecular complexity index is 2460. The number of amides is 5. The molecule has 2 aliphatic heterocycles. The van der Waals surface area contributed by atoms with E-state index in [2.05, 4.69) is 48.0 Å². The SMILES string of the molecule is CCCc1cccc(C[C@H](NC(C)=O)[C@H](O)[C@@H]2NCCN(Cc3ccccc3)C2=O)c1.CCCc1cccc(C[C@H](NC(C)=O)[C@H](O)[C@H]2C(=O)N(Cc3ccccc3)CCN2C(=O)OC(C)(C)C)c1.O=CC(F)(F)F. The monoisotopic (exact) mass is 1040 g/mol. The summed E-state index contributed by atoms with van der Waals surface area (Å²) in [6.07, 6.45) is -4.03. The lowest BCUT2D eigenvalue weighted by molar-refractivity contribution is -0.156. The summed E-state index contributed by atoms with van der Waals surface area (Å²) < 4.78 is 36.8. The lowest BCUT2D eigenvalue weighted by atomic mass is 9.92. The molecule has 0 saturated carbocycles. The topological polar surface area (TPSA) is 198 Å². The van der Waals surface area contributed by atoms with E-state index < -0.39 is 60.5 Å². The first-order valence-corrected chi connectivity index (χ1v) is 25.5. The van der Waals surface area contributed by atoms with Crippen molar-refractivity contribution < 1.29 is 56.9 Å². The van der Waals surface area contributed by atoms with E-state index in [1.165, 1.54) is 29.9 Å². The van der Waals surface area contributed by atoms with Crippen LogP contribution in [0.1, 0.15) is 94.7 Å². The van der Waals surface area contributed by atoms with E-state index in [1.807, 2.05) is 91.0 Å². The van der Waals surface area contributed by atoms with Crippen LogP contribution < -0.4 is 16.0 Å². The average Bonchev–Trinajstić information content (AvgIpc) is 3.35. The van der Waals surface area contributed by atoms with Crippen molar-refractivity contribution >= 4 is 36.0 Å². The quantitative estimate of drug-likeness (QED) is 0.0687. The van der Waals surface area contributed by atoms with Gasteiger partial charge in [-0.3, -0.25) is 28.9 Å². The standard InChI is InChI=1S/C30H41N3O5.C25H33N3O3.C2HF3O/c1-6-11-22-14-10-15-24(18-22)19-25(31-21(2)34)27(35)26-28(36)32(20-23-12-8-7-9-13-23)16-17-33(26)29(37)38-30(3,4)5;1-3-8-19-11-7-12-21(15-19)16-22(27-18(2)29)24(30)23-25(31)28(14-13-26-23)17-20-9-5-4-6-10-20;3-2(4,5)1-6/h7-10,12-15,18,25-27,35H,6,11,16-17,19-20H2,1-5H3,(H,31,34);4-7,9-12,15,22-24,26,30H,3,8,13-14,16-17H2,1-2H3,(H,27,29);1H/t25-,26-,27-;22-,23-,24-;/m00./s1. The van der Waals surface area contributed by atoms with Crippen molar-refractivity contribution in [1.29, 1.82) is 0 Å². The zero-order valence-electron chi connectivity index (χ0n) is 44.1. The molecule has 0 radical (unpaired) electrons. The highest BCUT2D eigenvalue weighted by molar-refractivity contribution is 5.88. The van der Waals surface area contributed by atoms with Crippen LogP contribution in [-0.2, 0) is 67.5 Å². The van der Waals surface area contributed by atoms with Crippen molar-refractivity contribution in [2.45, 2.75) is 148 Å². The number of benzene rings is 4. The van der Waals surface area contributed by atoms with Gasteiger partial charge in [0.05, 0.1) is 18.2 Å². The van der Waals surface area contributed by atoms with Gasteiger partial charge in [0, 0.05) is 53.1 Å². The molecular weight excluding hydrogens is 970 g/mol. The first-order chi connectivity index (χ1) is 35.5. The Kier molecular flexibility index (Phi) is 23.9. The summed E-state index contributed by atoms with van der Waals surface area (Å²) in [6.45, 7) is 14.9. The van der Waals surface area contributed by atoms with Crippen LogP contribution in [0.25, 0.3) is 0 Å². The van der Waals surface area contributed by atoms with Crippen molar-refractivity contribution in [3.63, 3.8) is 0 Å². The molecule has 408 valence electrons. The zero-order chi connectivity index (χ0) is 55.3. The second-order valence-electron chi connectivity index (χ2n) is 19.8. The number of aliphatic hydroxyl groups is 2. The molecule has 18 heteroatoms. The van der Waals surface area contributed by atoms with Crippen molar-refractivity contribution in [2.75, 3.05) is 26.2 Å². The number of nitrogens with one attached hydrogen (secondary N) is 3. The maximum atomic E-state index is 13.8. The van der Waals surface area contributed by atoms with Crippen molar-refractivity contribution in [3.05, 3.63) is 143 Å². The molecule has 2 saturated heterocycles. The van der Waals surface area contributed by atoms with Crippen LogP contribution in [0.4, 0.5) is 18.0 Å². The number of aryl methyl sites for hydroxylation is 2. The molecule has 2 fully saturated rings. The molecule has 6 atom stereocenters. The van der Waals surface area contributed by atoms with Gasteiger partial charge < -0.3 is 40.7 Å². The van der Waals surface area contributed by atoms with Gasteiger partial charge in [-0.15, -0.1) is 0 Å². The van der Waals surface area contributed by atoms with E-state index in [0.717, 1.165) is 47.9 Å². The Morgan fingerprint density at radius 2 is 1.09 bits per heavy atom. The number of carbonyl (C=O) groups excluding carboxylic acids is 6. The van der Waals surface area contributed by atoms with Gasteiger partial charge in [0.25, 0.3) is 0 Å². The fourth-order valence-electron chi connectivity index (χ4n) is 8.99. The number of nitrogens with zero attached hydrogens (tertiary/aromatic N) is 3. The molecule has 5 amide bonds. The van der Waals surface area contributed by atoms with Crippen LogP contribution in [0.2, 0.25) is 0 Å². The highest BCUT2D eigenvalue weighted by Crippen LogP contribution is 2.24. The van der Waals surface area contributed by atoms with Crippen molar-refractivity contribution in [2.24, 2.45) is 0 Å². The zero-order valence-corrected chi connectivity index (χ0v) is 44.1. The maximum Gasteiger partial charge on any atom is 0.446 e. The van der Waals surface area contributed by atoms with Crippen LogP contribution in [0.15, 0.2) is 109 Å². The summed E-state index contributed by atoms with van der Waals surface area (Å²) in [6, 6.07) is 32.3. The molecule has 4 aromatic carbocycles. The molecule has 0 bridgehead atoms. The summed E-state index contributed by atoms with van der Waals surface area (Å²) >= 11 is 0. The second-order valence-corrected chi connectivity index (χ2v) is 19.8. The third-order valence-corrected chi connectivity index (χ3v) is 12.3. The second kappa shape index (κ2) is 29.5. The number of carbonyl (C=O) groups is 6. The smallest absolute Gasteiger partial charge is 0.444 e. The predicted octanol–water partition coefficient (Wildman–Crippen LogP) is 6.49. The van der Waals surface area contributed by atoms with Gasteiger partial charge in [0.15, 0.2) is 0 Å². The molecule has 0 aromatic heterocycles. The van der Waals surface area contributed by atoms with Gasteiger partial charge in [-0.1, -0.05) is 136 Å². The molecule has 5 N–H and O–H groups in total. The minimum atomic E-state index is -4.64. The molecule has 0 aliphatic carbocycles. The van der Waals surface area contributed by atoms with Crippen LogP contribution >= 0.6 is 0 Å². The van der Waals surface area contributed by atoms with Crippen molar-refractivity contribution in [3.8, 4) is 0 Å². The minimum Gasteiger partial charge on any atom is -0.444 e. The summed E-state index contributed by atoms with van der Waals surface area (Å²) in [4.78, 5) is 77.6. The average molecular weight is 1050 g/mol. The minimum absolute atomic E-state index is 0.141. The maximum absolute atomic E-state index is 13.8. The Balaban J connectivity index is 0.000000297. The number of rotatable bonds is 18. The van der Waals surface area contributed by atoms with Crippen molar-refractivity contribution in [1.82, 2.24) is 30.7 Å². The van der Waals surface area contributed by atoms with E-state index in [-0.39, 0.29) is 30.2 Å². The number of piperazine rings is 2. The highest BCUT2D eigenvalue weighted by atomic mass is 19.4. The molecule has 0 unspecified atom stereocenters. The number of halogens is 3. The number of hydrogen-bond acceptors (Lipinski definition) is 10. The van der Waals surface area contributed by atoms with Crippen LogP contribution in [0, 0.1) is 0 Å². The van der Waals surface area contributed by atoms with E-state index >= 15 is 0 Å². The van der Waals surface area contributed by atoms with E-state index in [4.69, 9.17) is 9.53 Å². The molecule has 0 spiro atoms. The Labute approximate surface area is 439 Å². The molecule has 15 nitrogen and oxygen atoms in total. The van der Waals surface area contributed by atoms with Gasteiger partial charge in [0.1, 0.15) is 23.8 Å². The van der Waals surface area contributed by atoms with Gasteiger partial charge in [-0.25, -0.2) is 4.79 Å². The Morgan fingerprint density at radius 1 is 0.667 bits per heavy atom. The predicted molar refractivity (Wildman–Crippen MR) is 280 cm³/mol. The highest BCUT2D eigenvalue weighted by Gasteiger charge is 2.46. The van der Waals surface area contributed by atoms with E-state index in [9.17, 15) is 47.4 Å². The fourth-order valence-corrected chi connectivity index (χ4v) is 8.99. The third kappa shape index (κ3) is 20.5. The molecule has 6 rings (SSSR count). The molecule has 2 heterocycles. The number of aldehydes is 1. The number of hydrogen-bond donors (Lipinski definition) is 5. The van der Waals surface area contributed by atoms with Gasteiger partial charge in [0.2, 0.25) is 29.9 Å². The molecule has 4 aromatic rings. The van der Waals surface area contributed by atoms with E-state index in [0.29, 0.717) is 45.6 Å². The molecular formula is C57H75F3N6O9. The molecule has 75 heavy (non-hydrogen) atoms. The van der Waals surface area contributed by atoms with E-state index in [1.54, 1.807) is 30.6 Å². The summed E-state index contributed by atoms with van der Waals surface area (Å²) in [5.74, 6) is -1.07. The lowest BCUT2D eigenvalue weighted by Crippen LogP contribution is -2.66. The first kappa shape index (κ1) is 60.9. The first-order valence-electron chi connectivity index (χ1n) is 25.5. The molecule has 2 aliphatic rings. The lowest BCUT2D eigenvalue weighted by Gasteiger charge is -2.44. The third-order valence-electron chi connectivity index (χ3n) is 12.3. The van der Waals surface area contributed by atoms with Gasteiger partial charge in [-0.05, 0) is 79.8 Å². The number of aliphatic hydroxyl groups excluding tert-OH is 2. The van der Waals surface area contributed by atoms with Crippen LogP contribution in [0.3, 0.4) is 0 Å². The fraction of sp³-hybridized carbons (Fsp3) is 0.474. The Morgan fingerprint density at radius 3 is 1.52 bits per heavy atom. The summed E-state index contributed by atoms with van der Waals surface area (Å²) in [5.41, 5.74) is 5.60. The van der Waals surface area contributed by atoms with Crippen LogP contribution in [0.5, 0.6) is 0 Å². The normalized spacial score (nSPS) is 17.5. The number of alkyl halides is 3.